The summed E-state index contributed by atoms with van der Waals surface area (Å²) in [4.78, 5) is 21.4. The first-order valence-corrected chi connectivity index (χ1v) is 13.7. The fraction of sp³-hybridized carbons (Fsp3) is 0.179. The molecule has 0 radical (unpaired) electrons. The molecule has 0 aliphatic heterocycles. The van der Waals surface area contributed by atoms with Crippen LogP contribution in [0.25, 0.3) is 11.3 Å². The van der Waals surface area contributed by atoms with Gasteiger partial charge in [-0.25, -0.2) is 17.8 Å². The highest BCUT2D eigenvalue weighted by atomic mass is 32.2. The molecule has 0 spiro atoms. The number of anilines is 2. The number of aromatic nitrogens is 2. The molecule has 202 valence electrons. The first-order valence-electron chi connectivity index (χ1n) is 11.8. The van der Waals surface area contributed by atoms with Crippen LogP contribution in [-0.4, -0.2) is 37.7 Å². The van der Waals surface area contributed by atoms with Crippen LogP contribution >= 0.6 is 0 Å². The van der Waals surface area contributed by atoms with Gasteiger partial charge in [-0.1, -0.05) is 30.3 Å². The molecule has 2 N–H and O–H groups in total. The van der Waals surface area contributed by atoms with Gasteiger partial charge in [0.05, 0.1) is 44.2 Å². The number of carbonyl (C=O) groups excluding carboxylic acids is 1. The molecule has 1 amide bonds. The van der Waals surface area contributed by atoms with E-state index in [9.17, 15) is 17.6 Å². The van der Waals surface area contributed by atoms with Gasteiger partial charge in [0.2, 0.25) is 10.0 Å². The number of nitrogens with zero attached hydrogens (tertiary/aromatic N) is 2. The number of hydrogen-bond acceptors (Lipinski definition) is 7. The zero-order valence-corrected chi connectivity index (χ0v) is 22.4. The van der Waals surface area contributed by atoms with E-state index >= 15 is 0 Å². The molecular formula is C28H27FN4O5S. The molecule has 0 fully saturated rings. The van der Waals surface area contributed by atoms with Gasteiger partial charge in [-0.05, 0) is 48.9 Å². The van der Waals surface area contributed by atoms with E-state index in [2.05, 4.69) is 20.0 Å². The lowest BCUT2D eigenvalue weighted by molar-refractivity contribution is 0.102. The predicted octanol–water partition coefficient (Wildman–Crippen LogP) is 4.94. The fourth-order valence-electron chi connectivity index (χ4n) is 3.63. The van der Waals surface area contributed by atoms with Crippen LogP contribution in [0.15, 0.2) is 72.9 Å². The molecule has 0 unspecified atom stereocenters. The van der Waals surface area contributed by atoms with E-state index < -0.39 is 21.7 Å². The number of methoxy groups -OCH3 is 1. The van der Waals surface area contributed by atoms with Gasteiger partial charge in [0, 0.05) is 22.4 Å². The average molecular weight is 551 g/mol. The minimum atomic E-state index is -3.54. The Labute approximate surface area is 226 Å². The SMILES string of the molecule is COc1ccc(COCc2ccc(NC(=O)c3cccc(-c4cnc(C)c(NS(C)(=O)=O)n4)c3)cc2F)cc1. The predicted molar refractivity (Wildman–Crippen MR) is 147 cm³/mol. The van der Waals surface area contributed by atoms with Crippen molar-refractivity contribution in [2.75, 3.05) is 23.4 Å². The third kappa shape index (κ3) is 7.59. The Morgan fingerprint density at radius 2 is 1.79 bits per heavy atom. The number of halogens is 1. The summed E-state index contributed by atoms with van der Waals surface area (Å²) < 4.78 is 51.0. The second kappa shape index (κ2) is 12.0. The number of amides is 1. The average Bonchev–Trinajstić information content (AvgIpc) is 2.91. The molecule has 39 heavy (non-hydrogen) atoms. The maximum atomic E-state index is 14.7. The molecule has 1 heterocycles. The molecule has 0 bridgehead atoms. The Morgan fingerprint density at radius 1 is 1.03 bits per heavy atom. The Bertz CT molecular complexity index is 1590. The van der Waals surface area contributed by atoms with Crippen molar-refractivity contribution in [3.8, 4) is 17.0 Å². The summed E-state index contributed by atoms with van der Waals surface area (Å²) >= 11 is 0. The Balaban J connectivity index is 1.41. The second-order valence-electron chi connectivity index (χ2n) is 8.75. The van der Waals surface area contributed by atoms with Crippen molar-refractivity contribution >= 4 is 27.4 Å². The van der Waals surface area contributed by atoms with Crippen LogP contribution in [0.5, 0.6) is 5.75 Å². The van der Waals surface area contributed by atoms with Crippen molar-refractivity contribution in [2.24, 2.45) is 0 Å². The van der Waals surface area contributed by atoms with E-state index in [4.69, 9.17) is 9.47 Å². The quantitative estimate of drug-likeness (QED) is 0.287. The minimum absolute atomic E-state index is 0.0713. The zero-order chi connectivity index (χ0) is 28.0. The van der Waals surface area contributed by atoms with Crippen molar-refractivity contribution in [1.29, 1.82) is 0 Å². The fourth-order valence-corrected chi connectivity index (χ4v) is 4.17. The van der Waals surface area contributed by atoms with E-state index in [0.29, 0.717) is 34.7 Å². The zero-order valence-electron chi connectivity index (χ0n) is 21.6. The van der Waals surface area contributed by atoms with Gasteiger partial charge in [0.15, 0.2) is 5.82 Å². The van der Waals surface area contributed by atoms with E-state index in [1.54, 1.807) is 50.4 Å². The lowest BCUT2D eigenvalue weighted by Gasteiger charge is -2.11. The molecule has 0 aliphatic carbocycles. The van der Waals surface area contributed by atoms with Crippen LogP contribution < -0.4 is 14.8 Å². The molecule has 0 saturated carbocycles. The lowest BCUT2D eigenvalue weighted by atomic mass is 10.1. The monoisotopic (exact) mass is 550 g/mol. The summed E-state index contributed by atoms with van der Waals surface area (Å²) in [6.45, 7) is 2.02. The van der Waals surface area contributed by atoms with Gasteiger partial charge >= 0.3 is 0 Å². The molecule has 0 atom stereocenters. The van der Waals surface area contributed by atoms with Crippen LogP contribution in [0, 0.1) is 12.7 Å². The first-order chi connectivity index (χ1) is 18.6. The number of rotatable bonds is 10. The topological polar surface area (TPSA) is 120 Å². The van der Waals surface area contributed by atoms with Crippen molar-refractivity contribution < 1.29 is 27.1 Å². The molecule has 1 aromatic heterocycles. The molecule has 9 nitrogen and oxygen atoms in total. The maximum Gasteiger partial charge on any atom is 0.255 e. The van der Waals surface area contributed by atoms with E-state index in [1.165, 1.54) is 12.3 Å². The number of hydrogen-bond donors (Lipinski definition) is 2. The molecule has 4 rings (SSSR count). The standard InChI is InChI=1S/C28H27FN4O5S/c1-18-27(33-39(3,35)36)32-26(15-30-18)20-5-4-6-21(13-20)28(34)31-23-10-9-22(25(29)14-23)17-38-16-19-7-11-24(37-2)12-8-19/h4-15H,16-17H2,1-3H3,(H,31,34)(H,32,33). The van der Waals surface area contributed by atoms with Crippen molar-refractivity contribution in [2.45, 2.75) is 20.1 Å². The van der Waals surface area contributed by atoms with Crippen molar-refractivity contribution in [1.82, 2.24) is 9.97 Å². The summed E-state index contributed by atoms with van der Waals surface area (Å²) in [6, 6.07) is 18.4. The molecule has 3 aromatic carbocycles. The number of sulfonamides is 1. The van der Waals surface area contributed by atoms with Gasteiger partial charge in [-0.3, -0.25) is 14.5 Å². The molecular weight excluding hydrogens is 523 g/mol. The summed E-state index contributed by atoms with van der Waals surface area (Å²) in [7, 11) is -1.95. The van der Waals surface area contributed by atoms with Crippen molar-refractivity contribution in [3.63, 3.8) is 0 Å². The van der Waals surface area contributed by atoms with Crippen molar-refractivity contribution in [3.05, 3.63) is 101 Å². The summed E-state index contributed by atoms with van der Waals surface area (Å²) in [5, 5.41) is 2.69. The highest BCUT2D eigenvalue weighted by molar-refractivity contribution is 7.92. The highest BCUT2D eigenvalue weighted by Gasteiger charge is 2.13. The van der Waals surface area contributed by atoms with Gasteiger partial charge < -0.3 is 14.8 Å². The number of aryl methyl sites for hydroxylation is 1. The van der Waals surface area contributed by atoms with Gasteiger partial charge in [-0.15, -0.1) is 0 Å². The summed E-state index contributed by atoms with van der Waals surface area (Å²) in [5.74, 6) is -0.103. The largest absolute Gasteiger partial charge is 0.497 e. The first kappa shape index (κ1) is 27.7. The van der Waals surface area contributed by atoms with E-state index in [1.807, 2.05) is 24.3 Å². The third-order valence-corrected chi connectivity index (χ3v) is 6.22. The smallest absolute Gasteiger partial charge is 0.255 e. The Kier molecular flexibility index (Phi) is 8.52. The van der Waals surface area contributed by atoms with E-state index in [-0.39, 0.29) is 18.1 Å². The molecule has 4 aromatic rings. The van der Waals surface area contributed by atoms with Crippen LogP contribution in [0.1, 0.15) is 27.2 Å². The van der Waals surface area contributed by atoms with Crippen LogP contribution in [0.2, 0.25) is 0 Å². The maximum absolute atomic E-state index is 14.7. The van der Waals surface area contributed by atoms with Gasteiger partial charge in [0.1, 0.15) is 11.6 Å². The minimum Gasteiger partial charge on any atom is -0.497 e. The normalized spacial score (nSPS) is 11.2. The van der Waals surface area contributed by atoms with Crippen LogP contribution in [-0.2, 0) is 28.0 Å². The van der Waals surface area contributed by atoms with Gasteiger partial charge in [-0.2, -0.15) is 0 Å². The number of ether oxygens (including phenoxy) is 2. The number of nitrogens with one attached hydrogen (secondary N) is 2. The van der Waals surface area contributed by atoms with Crippen LogP contribution in [0.4, 0.5) is 15.9 Å². The second-order valence-corrected chi connectivity index (χ2v) is 10.5. The van der Waals surface area contributed by atoms with Crippen LogP contribution in [0.3, 0.4) is 0 Å². The Hall–Kier alpha value is -4.35. The molecule has 0 aliphatic rings. The Morgan fingerprint density at radius 3 is 2.49 bits per heavy atom. The number of benzene rings is 3. The van der Waals surface area contributed by atoms with Gasteiger partial charge in [0.25, 0.3) is 5.91 Å². The lowest BCUT2D eigenvalue weighted by Crippen LogP contribution is -2.13. The molecule has 0 saturated heterocycles. The molecule has 11 heteroatoms. The van der Waals surface area contributed by atoms with E-state index in [0.717, 1.165) is 17.6 Å². The third-order valence-electron chi connectivity index (χ3n) is 5.65. The summed E-state index contributed by atoms with van der Waals surface area (Å²) in [5.41, 5.74) is 3.24. The number of carbonyl (C=O) groups is 1. The summed E-state index contributed by atoms with van der Waals surface area (Å²) in [6.07, 6.45) is 2.52. The highest BCUT2D eigenvalue weighted by Crippen LogP contribution is 2.23.